The zero-order chi connectivity index (χ0) is 33.7. The molecule has 4 nitrogen and oxygen atoms in total. The first kappa shape index (κ1) is 29.0. The number of furan rings is 1. The van der Waals surface area contributed by atoms with E-state index in [0.717, 1.165) is 49.8 Å². The van der Waals surface area contributed by atoms with Gasteiger partial charge in [0.2, 0.25) is 0 Å². The first-order valence-electron chi connectivity index (χ1n) is 17.1. The zero-order valence-corrected chi connectivity index (χ0v) is 27.5. The molecular formula is C47H29N3O. The van der Waals surface area contributed by atoms with Crippen LogP contribution in [0.3, 0.4) is 0 Å². The van der Waals surface area contributed by atoms with E-state index < -0.39 is 0 Å². The number of aromatic nitrogens is 3. The third-order valence-corrected chi connectivity index (χ3v) is 9.71. The van der Waals surface area contributed by atoms with Crippen molar-refractivity contribution in [2.24, 2.45) is 0 Å². The lowest BCUT2D eigenvalue weighted by molar-refractivity contribution is 0.670. The van der Waals surface area contributed by atoms with Gasteiger partial charge in [-0.25, -0.2) is 15.0 Å². The fraction of sp³-hybridized carbons (Fsp3) is 0. The molecule has 10 aromatic rings. The number of rotatable bonds is 5. The molecular weight excluding hydrogens is 623 g/mol. The maximum atomic E-state index is 6.81. The molecule has 51 heavy (non-hydrogen) atoms. The highest BCUT2D eigenvalue weighted by molar-refractivity contribution is 6.21. The molecule has 0 N–H and O–H groups in total. The Balaban J connectivity index is 1.15. The Morgan fingerprint density at radius 1 is 0.333 bits per heavy atom. The van der Waals surface area contributed by atoms with Crippen LogP contribution in [0.2, 0.25) is 0 Å². The molecule has 238 valence electrons. The Hall–Kier alpha value is -6.91. The highest BCUT2D eigenvalue weighted by atomic mass is 16.3. The van der Waals surface area contributed by atoms with E-state index >= 15 is 0 Å². The van der Waals surface area contributed by atoms with E-state index in [4.69, 9.17) is 19.4 Å². The summed E-state index contributed by atoms with van der Waals surface area (Å²) in [5.74, 6) is 1.86. The molecule has 0 atom stereocenters. The van der Waals surface area contributed by atoms with Crippen LogP contribution in [-0.4, -0.2) is 15.0 Å². The molecule has 0 aliphatic carbocycles. The van der Waals surface area contributed by atoms with E-state index in [1.165, 1.54) is 32.7 Å². The molecule has 0 saturated carbocycles. The van der Waals surface area contributed by atoms with Gasteiger partial charge >= 0.3 is 0 Å². The first-order valence-corrected chi connectivity index (χ1v) is 17.1. The molecule has 0 amide bonds. The minimum absolute atomic E-state index is 0.597. The Bertz CT molecular complexity index is 2840. The topological polar surface area (TPSA) is 51.8 Å². The van der Waals surface area contributed by atoms with Crippen molar-refractivity contribution in [1.29, 1.82) is 0 Å². The molecule has 2 aromatic heterocycles. The molecule has 0 aliphatic rings. The van der Waals surface area contributed by atoms with Gasteiger partial charge in [-0.2, -0.15) is 0 Å². The van der Waals surface area contributed by atoms with Crippen molar-refractivity contribution >= 4 is 43.5 Å². The third kappa shape index (κ3) is 4.96. The van der Waals surface area contributed by atoms with Crippen LogP contribution in [0.5, 0.6) is 0 Å². The van der Waals surface area contributed by atoms with Crippen molar-refractivity contribution in [1.82, 2.24) is 15.0 Å². The highest BCUT2D eigenvalue weighted by Crippen LogP contribution is 2.43. The van der Waals surface area contributed by atoms with Gasteiger partial charge in [0.25, 0.3) is 0 Å². The zero-order valence-electron chi connectivity index (χ0n) is 27.5. The predicted octanol–water partition coefficient (Wildman–Crippen LogP) is 12.4. The van der Waals surface area contributed by atoms with Crippen LogP contribution in [0.15, 0.2) is 180 Å². The van der Waals surface area contributed by atoms with E-state index in [1.54, 1.807) is 0 Å². The monoisotopic (exact) mass is 651 g/mol. The summed E-state index contributed by atoms with van der Waals surface area (Å²) in [5, 5.41) is 6.98. The number of hydrogen-bond donors (Lipinski definition) is 0. The summed E-state index contributed by atoms with van der Waals surface area (Å²) in [4.78, 5) is 14.8. The number of nitrogens with zero attached hydrogens (tertiary/aromatic N) is 3. The van der Waals surface area contributed by atoms with Gasteiger partial charge in [-0.3, -0.25) is 0 Å². The maximum Gasteiger partial charge on any atom is 0.164 e. The minimum Gasteiger partial charge on any atom is -0.455 e. The van der Waals surface area contributed by atoms with Crippen LogP contribution in [0.4, 0.5) is 0 Å². The molecule has 0 unspecified atom stereocenters. The summed E-state index contributed by atoms with van der Waals surface area (Å²) >= 11 is 0. The Morgan fingerprint density at radius 3 is 1.57 bits per heavy atom. The molecule has 4 heteroatoms. The van der Waals surface area contributed by atoms with Gasteiger partial charge in [0.15, 0.2) is 17.5 Å². The molecule has 0 spiro atoms. The summed E-state index contributed by atoms with van der Waals surface area (Å²) in [7, 11) is 0. The number of fused-ring (bicyclic) bond motifs is 6. The van der Waals surface area contributed by atoms with Gasteiger partial charge in [-0.1, -0.05) is 158 Å². The predicted molar refractivity (Wildman–Crippen MR) is 209 cm³/mol. The number of para-hydroxylation sites is 1. The van der Waals surface area contributed by atoms with Crippen molar-refractivity contribution in [2.75, 3.05) is 0 Å². The largest absolute Gasteiger partial charge is 0.455 e. The van der Waals surface area contributed by atoms with Crippen molar-refractivity contribution in [2.45, 2.75) is 0 Å². The lowest BCUT2D eigenvalue weighted by atomic mass is 9.89. The van der Waals surface area contributed by atoms with Crippen LogP contribution < -0.4 is 0 Å². The second kappa shape index (κ2) is 11.9. The molecule has 0 radical (unpaired) electrons. The fourth-order valence-corrected chi connectivity index (χ4v) is 7.33. The summed E-state index contributed by atoms with van der Waals surface area (Å²) in [6, 6.07) is 61.0. The van der Waals surface area contributed by atoms with E-state index in [9.17, 15) is 0 Å². The molecule has 0 bridgehead atoms. The van der Waals surface area contributed by atoms with Gasteiger partial charge in [0.05, 0.1) is 0 Å². The molecule has 8 aromatic carbocycles. The second-order valence-corrected chi connectivity index (χ2v) is 12.8. The average Bonchev–Trinajstić information content (AvgIpc) is 3.59. The molecule has 10 rings (SSSR count). The van der Waals surface area contributed by atoms with E-state index in [-0.39, 0.29) is 0 Å². The minimum atomic E-state index is 0.597. The van der Waals surface area contributed by atoms with E-state index in [2.05, 4.69) is 115 Å². The number of hydrogen-bond acceptors (Lipinski definition) is 4. The van der Waals surface area contributed by atoms with Crippen LogP contribution in [-0.2, 0) is 0 Å². The molecule has 2 heterocycles. The van der Waals surface area contributed by atoms with Crippen molar-refractivity contribution in [3.8, 4) is 56.4 Å². The third-order valence-electron chi connectivity index (χ3n) is 9.71. The summed E-state index contributed by atoms with van der Waals surface area (Å²) < 4.78 is 6.81. The number of benzene rings is 8. The van der Waals surface area contributed by atoms with Crippen molar-refractivity contribution < 1.29 is 4.42 Å². The normalized spacial score (nSPS) is 11.5. The van der Waals surface area contributed by atoms with E-state index in [0.29, 0.717) is 17.5 Å². The lowest BCUT2D eigenvalue weighted by Crippen LogP contribution is -2.00. The second-order valence-electron chi connectivity index (χ2n) is 12.8. The maximum absolute atomic E-state index is 6.81. The van der Waals surface area contributed by atoms with Crippen LogP contribution in [0, 0.1) is 0 Å². The quantitative estimate of drug-likeness (QED) is 0.174. The average molecular weight is 652 g/mol. The van der Waals surface area contributed by atoms with Crippen LogP contribution in [0.25, 0.3) is 99.9 Å². The van der Waals surface area contributed by atoms with Crippen molar-refractivity contribution in [3.63, 3.8) is 0 Å². The molecule has 0 saturated heterocycles. The summed E-state index contributed by atoms with van der Waals surface area (Å²) in [5.41, 5.74) is 9.03. The van der Waals surface area contributed by atoms with Gasteiger partial charge in [0.1, 0.15) is 11.2 Å². The lowest BCUT2D eigenvalue weighted by Gasteiger charge is -2.14. The SMILES string of the molecule is c1ccc(-c2nc(-c3ccccc3)nc(-c3ccc4c(c3)oc3c(-c5cc6cccc(-c7ccccc7)c6c6ccccc56)cccc34)n2)cc1. The highest BCUT2D eigenvalue weighted by Gasteiger charge is 2.19. The molecule has 0 fully saturated rings. The van der Waals surface area contributed by atoms with Crippen LogP contribution in [0.1, 0.15) is 0 Å². The fourth-order valence-electron chi connectivity index (χ4n) is 7.33. The van der Waals surface area contributed by atoms with Gasteiger partial charge in [-0.15, -0.1) is 0 Å². The van der Waals surface area contributed by atoms with Gasteiger partial charge < -0.3 is 4.42 Å². The standard InChI is InChI=1S/C47H29N3O/c1-4-14-30(15-5-1)35-23-12-20-33-28-41(36-21-10-11-22-38(36)43(33)35)40-25-13-24-39-37-27-26-34(29-42(37)51-44(39)40)47-49-45(31-16-6-2-7-17-31)48-46(50-47)32-18-8-3-9-19-32/h1-29H. The van der Waals surface area contributed by atoms with Crippen LogP contribution >= 0.6 is 0 Å². The summed E-state index contributed by atoms with van der Waals surface area (Å²) in [6.07, 6.45) is 0. The Kier molecular flexibility index (Phi) is 6.78. The van der Waals surface area contributed by atoms with Gasteiger partial charge in [0, 0.05) is 33.0 Å². The smallest absolute Gasteiger partial charge is 0.164 e. The summed E-state index contributed by atoms with van der Waals surface area (Å²) in [6.45, 7) is 0. The Labute approximate surface area is 294 Å². The Morgan fingerprint density at radius 2 is 0.882 bits per heavy atom. The van der Waals surface area contributed by atoms with Crippen molar-refractivity contribution in [3.05, 3.63) is 176 Å². The first-order chi connectivity index (χ1) is 25.3. The van der Waals surface area contributed by atoms with Gasteiger partial charge in [-0.05, 0) is 56.4 Å². The van der Waals surface area contributed by atoms with E-state index in [1.807, 2.05) is 60.7 Å². The molecule has 0 aliphatic heterocycles.